The molecule has 0 spiro atoms. The first-order valence-corrected chi connectivity index (χ1v) is 13.9. The lowest BCUT2D eigenvalue weighted by Gasteiger charge is -2.34. The number of nitrogens with zero attached hydrogens (tertiary/aromatic N) is 5. The lowest BCUT2D eigenvalue weighted by atomic mass is 9.72. The fourth-order valence-corrected chi connectivity index (χ4v) is 5.83. The molecule has 8 nitrogen and oxygen atoms in total. The number of aliphatic hydroxyl groups is 1. The third kappa shape index (κ3) is 5.12. The van der Waals surface area contributed by atoms with Crippen molar-refractivity contribution < 1.29 is 18.3 Å². The van der Waals surface area contributed by atoms with E-state index >= 15 is 0 Å². The molecule has 1 saturated carbocycles. The summed E-state index contributed by atoms with van der Waals surface area (Å²) in [4.78, 5) is 4.04. The van der Waals surface area contributed by atoms with E-state index in [1.54, 1.807) is 13.3 Å². The van der Waals surface area contributed by atoms with Gasteiger partial charge in [0.05, 0.1) is 17.8 Å². The standard InChI is InChI=1S/C29H36F3N7O/c1-5-28(6-2,15-40)35-17(3)24-26-21(14-22(34-24)29(30,31)32)25(36-37-26)20-12-8-11-19(13-20)23(18-9-7-10-18)27-38-33-16-39(27)4/h8,11-14,16-18,23,35,40H,5-7,9-10,15H2,1-4H3,(H,36,37)/t17-,23-/m1/s1. The number of aryl methyl sites for hydroxylation is 1. The van der Waals surface area contributed by atoms with Crippen LogP contribution < -0.4 is 5.32 Å². The lowest BCUT2D eigenvalue weighted by molar-refractivity contribution is -0.141. The van der Waals surface area contributed by atoms with Crippen molar-refractivity contribution in [1.82, 2.24) is 35.3 Å². The summed E-state index contributed by atoms with van der Waals surface area (Å²) in [6, 6.07) is 8.33. The molecule has 1 fully saturated rings. The zero-order valence-corrected chi connectivity index (χ0v) is 23.3. The van der Waals surface area contributed by atoms with E-state index in [0.717, 1.165) is 30.3 Å². The predicted molar refractivity (Wildman–Crippen MR) is 146 cm³/mol. The highest BCUT2D eigenvalue weighted by Gasteiger charge is 2.37. The number of nitrogens with one attached hydrogen (secondary N) is 2. The number of benzene rings is 1. The summed E-state index contributed by atoms with van der Waals surface area (Å²) in [7, 11) is 1.93. The largest absolute Gasteiger partial charge is 0.433 e. The number of halogens is 3. The van der Waals surface area contributed by atoms with Crippen molar-refractivity contribution in [2.24, 2.45) is 13.0 Å². The fourth-order valence-electron chi connectivity index (χ4n) is 5.83. The Labute approximate surface area is 231 Å². The molecule has 3 aromatic heterocycles. The highest BCUT2D eigenvalue weighted by Crippen LogP contribution is 2.44. The Morgan fingerprint density at radius 3 is 2.50 bits per heavy atom. The molecule has 0 saturated heterocycles. The van der Waals surface area contributed by atoms with Crippen LogP contribution in [0.15, 0.2) is 36.7 Å². The van der Waals surface area contributed by atoms with Gasteiger partial charge in [-0.2, -0.15) is 18.3 Å². The summed E-state index contributed by atoms with van der Waals surface area (Å²) in [6.45, 7) is 5.51. The number of aliphatic hydroxyl groups excluding tert-OH is 1. The normalized spacial score (nSPS) is 16.3. The Morgan fingerprint density at radius 1 is 1.18 bits per heavy atom. The number of H-pyrrole nitrogens is 1. The molecule has 4 aromatic rings. The van der Waals surface area contributed by atoms with Crippen molar-refractivity contribution >= 4 is 10.9 Å². The first-order chi connectivity index (χ1) is 19.1. The topological polar surface area (TPSA) is 105 Å². The number of pyridine rings is 1. The third-order valence-electron chi connectivity index (χ3n) is 8.63. The molecule has 40 heavy (non-hydrogen) atoms. The number of alkyl halides is 3. The van der Waals surface area contributed by atoms with Crippen LogP contribution in [0, 0.1) is 5.92 Å². The minimum atomic E-state index is -4.64. The van der Waals surface area contributed by atoms with Crippen molar-refractivity contribution in [2.45, 2.75) is 76.6 Å². The first-order valence-electron chi connectivity index (χ1n) is 13.9. The molecule has 3 heterocycles. The second-order valence-electron chi connectivity index (χ2n) is 11.0. The molecule has 0 aliphatic heterocycles. The van der Waals surface area contributed by atoms with Gasteiger partial charge in [0.15, 0.2) is 0 Å². The fraction of sp³-hybridized carbons (Fsp3) is 0.517. The van der Waals surface area contributed by atoms with Crippen molar-refractivity contribution in [3.05, 3.63) is 59.4 Å². The van der Waals surface area contributed by atoms with Gasteiger partial charge in [0.25, 0.3) is 0 Å². The average Bonchev–Trinajstić information content (AvgIpc) is 3.54. The highest BCUT2D eigenvalue weighted by atomic mass is 19.4. The summed E-state index contributed by atoms with van der Waals surface area (Å²) < 4.78 is 44.1. The molecule has 1 aliphatic rings. The number of aromatic nitrogens is 6. The smallest absolute Gasteiger partial charge is 0.394 e. The van der Waals surface area contributed by atoms with Crippen molar-refractivity contribution in [3.8, 4) is 11.3 Å². The van der Waals surface area contributed by atoms with Crippen LogP contribution in [-0.4, -0.2) is 47.2 Å². The second-order valence-corrected chi connectivity index (χ2v) is 11.0. The summed E-state index contributed by atoms with van der Waals surface area (Å²) in [5.41, 5.74) is 1.23. The number of hydrogen-bond acceptors (Lipinski definition) is 6. The maximum atomic E-state index is 14.1. The Balaban J connectivity index is 1.61. The number of hydrogen-bond donors (Lipinski definition) is 3. The molecule has 0 amide bonds. The predicted octanol–water partition coefficient (Wildman–Crippen LogP) is 5.91. The van der Waals surface area contributed by atoms with E-state index in [-0.39, 0.29) is 18.2 Å². The molecule has 1 aromatic carbocycles. The quantitative estimate of drug-likeness (QED) is 0.225. The highest BCUT2D eigenvalue weighted by molar-refractivity contribution is 5.94. The molecule has 0 radical (unpaired) electrons. The molecule has 0 bridgehead atoms. The summed E-state index contributed by atoms with van der Waals surface area (Å²) in [5, 5.41) is 29.7. The monoisotopic (exact) mass is 555 g/mol. The zero-order valence-electron chi connectivity index (χ0n) is 23.3. The molecule has 2 atom stereocenters. The van der Waals surface area contributed by atoms with Crippen LogP contribution in [0.2, 0.25) is 0 Å². The van der Waals surface area contributed by atoms with E-state index in [9.17, 15) is 18.3 Å². The van der Waals surface area contributed by atoms with Crippen LogP contribution in [0.25, 0.3) is 22.2 Å². The van der Waals surface area contributed by atoms with Crippen LogP contribution in [0.4, 0.5) is 13.2 Å². The molecule has 0 unspecified atom stereocenters. The van der Waals surface area contributed by atoms with Crippen molar-refractivity contribution in [3.63, 3.8) is 0 Å². The van der Waals surface area contributed by atoms with E-state index in [1.165, 1.54) is 6.42 Å². The Morgan fingerprint density at radius 2 is 1.93 bits per heavy atom. The van der Waals surface area contributed by atoms with Gasteiger partial charge in [0.1, 0.15) is 23.5 Å². The Kier molecular flexibility index (Phi) is 7.71. The van der Waals surface area contributed by atoms with Crippen LogP contribution in [0.1, 0.15) is 87.6 Å². The van der Waals surface area contributed by atoms with Crippen LogP contribution in [0.5, 0.6) is 0 Å². The van der Waals surface area contributed by atoms with Crippen LogP contribution in [0.3, 0.4) is 0 Å². The number of fused-ring (bicyclic) bond motifs is 1. The van der Waals surface area contributed by atoms with Gasteiger partial charge in [0, 0.05) is 35.5 Å². The van der Waals surface area contributed by atoms with E-state index in [0.29, 0.717) is 40.9 Å². The van der Waals surface area contributed by atoms with E-state index in [4.69, 9.17) is 0 Å². The van der Waals surface area contributed by atoms with Gasteiger partial charge >= 0.3 is 6.18 Å². The van der Waals surface area contributed by atoms with E-state index in [2.05, 4.69) is 30.7 Å². The van der Waals surface area contributed by atoms with E-state index < -0.39 is 23.5 Å². The van der Waals surface area contributed by atoms with Gasteiger partial charge in [0.2, 0.25) is 0 Å². The minimum absolute atomic E-state index is 0.0354. The van der Waals surface area contributed by atoms with Crippen molar-refractivity contribution in [2.75, 3.05) is 6.61 Å². The summed E-state index contributed by atoms with van der Waals surface area (Å²) in [5.74, 6) is 1.34. The van der Waals surface area contributed by atoms with Gasteiger partial charge in [-0.1, -0.05) is 38.5 Å². The summed E-state index contributed by atoms with van der Waals surface area (Å²) >= 11 is 0. The third-order valence-corrected chi connectivity index (χ3v) is 8.63. The number of aromatic amines is 1. The average molecular weight is 556 g/mol. The van der Waals surface area contributed by atoms with Gasteiger partial charge < -0.3 is 15.0 Å². The molecule has 214 valence electrons. The molecule has 5 rings (SSSR count). The van der Waals surface area contributed by atoms with Gasteiger partial charge in [-0.25, -0.2) is 4.98 Å². The Bertz CT molecular complexity index is 1460. The van der Waals surface area contributed by atoms with Gasteiger partial charge in [-0.3, -0.25) is 5.10 Å². The maximum absolute atomic E-state index is 14.1. The number of rotatable bonds is 10. The Hall–Kier alpha value is -3.31. The second kappa shape index (κ2) is 10.9. The lowest BCUT2D eigenvalue weighted by Crippen LogP contribution is -2.48. The summed E-state index contributed by atoms with van der Waals surface area (Å²) in [6.07, 6.45) is 1.63. The molecule has 11 heteroatoms. The zero-order chi connectivity index (χ0) is 28.7. The molecule has 1 aliphatic carbocycles. The van der Waals surface area contributed by atoms with Gasteiger partial charge in [-0.05, 0) is 56.2 Å². The SMILES string of the molecule is CCC(CC)(CO)N[C@H](C)c1nc(C(F)(F)F)cc2c(-c3cccc([C@H](c4nncn4C)C4CCC4)c3)n[nH]c12. The maximum Gasteiger partial charge on any atom is 0.433 e. The van der Waals surface area contributed by atoms with E-state index in [1.807, 2.05) is 49.7 Å². The van der Waals surface area contributed by atoms with Crippen LogP contribution in [-0.2, 0) is 13.2 Å². The van der Waals surface area contributed by atoms with Crippen LogP contribution >= 0.6 is 0 Å². The molecule has 3 N–H and O–H groups in total. The molecular formula is C29H36F3N7O. The molecular weight excluding hydrogens is 519 g/mol. The van der Waals surface area contributed by atoms with Crippen molar-refractivity contribution in [1.29, 1.82) is 0 Å². The minimum Gasteiger partial charge on any atom is -0.394 e. The first kappa shape index (κ1) is 28.2. The van der Waals surface area contributed by atoms with Gasteiger partial charge in [-0.15, -0.1) is 10.2 Å².